The quantitative estimate of drug-likeness (QED) is 0.852. The van der Waals surface area contributed by atoms with Crippen LogP contribution in [-0.2, 0) is 11.3 Å². The second-order valence-electron chi connectivity index (χ2n) is 5.75. The first-order chi connectivity index (χ1) is 8.94. The molecule has 0 spiro atoms. The molecule has 2 aromatic heterocycles. The molecule has 19 heavy (non-hydrogen) atoms. The van der Waals surface area contributed by atoms with Gasteiger partial charge >= 0.3 is 0 Å². The van der Waals surface area contributed by atoms with Crippen LogP contribution in [0.25, 0.3) is 11.2 Å². The van der Waals surface area contributed by atoms with Crippen molar-refractivity contribution in [2.24, 2.45) is 5.41 Å². The molecule has 2 heterocycles. The Morgan fingerprint density at radius 3 is 2.89 bits per heavy atom. The summed E-state index contributed by atoms with van der Waals surface area (Å²) in [4.78, 5) is 7.72. The van der Waals surface area contributed by atoms with Crippen molar-refractivity contribution in [3.05, 3.63) is 22.6 Å². The normalized spacial score (nSPS) is 12.2. The van der Waals surface area contributed by atoms with E-state index < -0.39 is 0 Å². The van der Waals surface area contributed by atoms with Gasteiger partial charge in [-0.25, -0.2) is 4.98 Å². The van der Waals surface area contributed by atoms with E-state index in [9.17, 15) is 0 Å². The lowest BCUT2D eigenvalue weighted by Gasteiger charge is -2.24. The predicted octanol–water partition coefficient (Wildman–Crippen LogP) is 3.47. The largest absolute Gasteiger partial charge is 0.385 e. The molecule has 0 unspecified atom stereocenters. The van der Waals surface area contributed by atoms with E-state index in [1.54, 1.807) is 7.11 Å². The summed E-state index contributed by atoms with van der Waals surface area (Å²) >= 11 is 5.43. The Morgan fingerprint density at radius 2 is 2.21 bits per heavy atom. The van der Waals surface area contributed by atoms with Crippen LogP contribution >= 0.6 is 12.2 Å². The van der Waals surface area contributed by atoms with Crippen LogP contribution in [0.1, 0.15) is 25.8 Å². The highest BCUT2D eigenvalue weighted by molar-refractivity contribution is 7.71. The van der Waals surface area contributed by atoms with E-state index in [1.165, 1.54) is 5.56 Å². The number of H-pyrrole nitrogens is 1. The topological polar surface area (TPSA) is 42.8 Å². The van der Waals surface area contributed by atoms with Crippen molar-refractivity contribution >= 4 is 23.4 Å². The summed E-state index contributed by atoms with van der Waals surface area (Å²) in [6, 6.07) is 1.99. The number of aryl methyl sites for hydroxylation is 1. The van der Waals surface area contributed by atoms with Crippen molar-refractivity contribution in [1.82, 2.24) is 14.5 Å². The van der Waals surface area contributed by atoms with Crippen molar-refractivity contribution < 1.29 is 4.74 Å². The minimum Gasteiger partial charge on any atom is -0.385 e. The molecule has 0 bridgehead atoms. The molecule has 104 valence electrons. The Labute approximate surface area is 118 Å². The SMILES string of the molecule is COCCC(C)(C)Cn1c(=S)[nH]c2c(C)ccnc21. The monoisotopic (exact) mass is 279 g/mol. The number of hydrogen-bond acceptors (Lipinski definition) is 3. The van der Waals surface area contributed by atoms with Gasteiger partial charge in [0.2, 0.25) is 0 Å². The van der Waals surface area contributed by atoms with Crippen LogP contribution in [0.4, 0.5) is 0 Å². The van der Waals surface area contributed by atoms with E-state index in [4.69, 9.17) is 17.0 Å². The lowest BCUT2D eigenvalue weighted by Crippen LogP contribution is -2.21. The van der Waals surface area contributed by atoms with Gasteiger partial charge in [-0.15, -0.1) is 0 Å². The molecule has 0 saturated heterocycles. The summed E-state index contributed by atoms with van der Waals surface area (Å²) in [7, 11) is 1.73. The highest BCUT2D eigenvalue weighted by atomic mass is 32.1. The van der Waals surface area contributed by atoms with E-state index in [0.29, 0.717) is 0 Å². The van der Waals surface area contributed by atoms with Crippen molar-refractivity contribution in [3.63, 3.8) is 0 Å². The van der Waals surface area contributed by atoms with E-state index >= 15 is 0 Å². The maximum atomic E-state index is 5.43. The molecule has 0 atom stereocenters. The molecule has 4 nitrogen and oxygen atoms in total. The van der Waals surface area contributed by atoms with Crippen LogP contribution < -0.4 is 0 Å². The number of nitrogens with zero attached hydrogens (tertiary/aromatic N) is 2. The Balaban J connectivity index is 2.38. The van der Waals surface area contributed by atoms with Crippen LogP contribution in [0, 0.1) is 17.1 Å². The Morgan fingerprint density at radius 1 is 1.47 bits per heavy atom. The third-order valence-electron chi connectivity index (χ3n) is 3.44. The average molecular weight is 279 g/mol. The molecule has 0 aromatic carbocycles. The minimum atomic E-state index is 0.120. The van der Waals surface area contributed by atoms with Gasteiger partial charge < -0.3 is 14.3 Å². The van der Waals surface area contributed by atoms with Gasteiger partial charge in [0.25, 0.3) is 0 Å². The predicted molar refractivity (Wildman–Crippen MR) is 79.9 cm³/mol. The van der Waals surface area contributed by atoms with Crippen LogP contribution in [-0.4, -0.2) is 28.3 Å². The summed E-state index contributed by atoms with van der Waals surface area (Å²) in [6.45, 7) is 8.11. The number of aromatic amines is 1. The Bertz CT molecular complexity index is 627. The third kappa shape index (κ3) is 3.04. The van der Waals surface area contributed by atoms with Gasteiger partial charge in [-0.05, 0) is 42.6 Å². The minimum absolute atomic E-state index is 0.120. The Kier molecular flexibility index (Phi) is 4.06. The van der Waals surface area contributed by atoms with E-state index in [2.05, 4.69) is 35.3 Å². The number of rotatable bonds is 5. The van der Waals surface area contributed by atoms with Crippen molar-refractivity contribution in [1.29, 1.82) is 0 Å². The number of imidazole rings is 1. The molecule has 2 rings (SSSR count). The molecule has 0 fully saturated rings. The molecule has 0 aliphatic heterocycles. The zero-order chi connectivity index (χ0) is 14.0. The first kappa shape index (κ1) is 14.2. The highest BCUT2D eigenvalue weighted by Crippen LogP contribution is 2.25. The smallest absolute Gasteiger partial charge is 0.179 e. The maximum absolute atomic E-state index is 5.43. The summed E-state index contributed by atoms with van der Waals surface area (Å²) < 4.78 is 8.00. The summed E-state index contributed by atoms with van der Waals surface area (Å²) in [5.74, 6) is 0. The van der Waals surface area contributed by atoms with Gasteiger partial charge in [-0.1, -0.05) is 13.8 Å². The molecule has 0 aliphatic rings. The molecular weight excluding hydrogens is 258 g/mol. The Hall–Kier alpha value is -1.20. The number of fused-ring (bicyclic) bond motifs is 1. The zero-order valence-corrected chi connectivity index (χ0v) is 12.8. The van der Waals surface area contributed by atoms with Crippen molar-refractivity contribution in [2.45, 2.75) is 33.7 Å². The van der Waals surface area contributed by atoms with Crippen LogP contribution in [0.5, 0.6) is 0 Å². The fourth-order valence-corrected chi connectivity index (χ4v) is 2.46. The standard InChI is InChI=1S/C14H21N3OS/c1-10-5-7-15-12-11(10)16-13(19)17(12)9-14(2,3)6-8-18-4/h5,7H,6,8-9H2,1-4H3,(H,16,19). The van der Waals surface area contributed by atoms with Crippen molar-refractivity contribution in [3.8, 4) is 0 Å². The van der Waals surface area contributed by atoms with Gasteiger partial charge in [0.1, 0.15) is 0 Å². The lowest BCUT2D eigenvalue weighted by molar-refractivity contribution is 0.143. The van der Waals surface area contributed by atoms with E-state index in [-0.39, 0.29) is 5.41 Å². The molecule has 0 aliphatic carbocycles. The molecular formula is C14H21N3OS. The lowest BCUT2D eigenvalue weighted by atomic mass is 9.89. The number of aromatic nitrogens is 3. The van der Waals surface area contributed by atoms with Crippen molar-refractivity contribution in [2.75, 3.05) is 13.7 Å². The maximum Gasteiger partial charge on any atom is 0.179 e. The van der Waals surface area contributed by atoms with Crippen LogP contribution in [0.2, 0.25) is 0 Å². The number of hydrogen-bond donors (Lipinski definition) is 1. The summed E-state index contributed by atoms with van der Waals surface area (Å²) in [5.41, 5.74) is 3.27. The second-order valence-corrected chi connectivity index (χ2v) is 6.14. The fourth-order valence-electron chi connectivity index (χ4n) is 2.21. The highest BCUT2D eigenvalue weighted by Gasteiger charge is 2.20. The third-order valence-corrected chi connectivity index (χ3v) is 3.76. The van der Waals surface area contributed by atoms with Gasteiger partial charge in [-0.2, -0.15) is 0 Å². The average Bonchev–Trinajstić information content (AvgIpc) is 2.66. The van der Waals surface area contributed by atoms with Gasteiger partial charge in [-0.3, -0.25) is 0 Å². The number of nitrogens with one attached hydrogen (secondary N) is 1. The van der Waals surface area contributed by atoms with E-state index in [1.807, 2.05) is 12.3 Å². The first-order valence-electron chi connectivity index (χ1n) is 6.48. The summed E-state index contributed by atoms with van der Waals surface area (Å²) in [5, 5.41) is 0. The van der Waals surface area contributed by atoms with E-state index in [0.717, 1.165) is 35.5 Å². The number of ether oxygens (including phenoxy) is 1. The van der Waals surface area contributed by atoms with Gasteiger partial charge in [0.05, 0.1) is 5.52 Å². The molecule has 2 aromatic rings. The number of methoxy groups -OCH3 is 1. The van der Waals surface area contributed by atoms with Crippen LogP contribution in [0.3, 0.4) is 0 Å². The molecule has 5 heteroatoms. The number of pyridine rings is 1. The fraction of sp³-hybridized carbons (Fsp3) is 0.571. The van der Waals surface area contributed by atoms with Gasteiger partial charge in [0.15, 0.2) is 10.4 Å². The van der Waals surface area contributed by atoms with Gasteiger partial charge in [0, 0.05) is 26.5 Å². The summed E-state index contributed by atoms with van der Waals surface area (Å²) in [6.07, 6.45) is 2.82. The molecule has 0 saturated carbocycles. The first-order valence-corrected chi connectivity index (χ1v) is 6.88. The second kappa shape index (κ2) is 5.43. The van der Waals surface area contributed by atoms with Crippen LogP contribution in [0.15, 0.2) is 12.3 Å². The molecule has 0 amide bonds. The molecule has 0 radical (unpaired) electrons. The molecule has 1 N–H and O–H groups in total. The zero-order valence-electron chi connectivity index (χ0n) is 12.0.